The van der Waals surface area contributed by atoms with Crippen LogP contribution in [0.1, 0.15) is 12.8 Å². The highest BCUT2D eigenvalue weighted by atomic mass is 16.4. The minimum atomic E-state index is -1.14. The fourth-order valence-electron chi connectivity index (χ4n) is 0.851. The van der Waals surface area contributed by atoms with Crippen LogP contribution in [0.2, 0.25) is 0 Å². The molecular weight excluding hydrogens is 198 g/mol. The van der Waals surface area contributed by atoms with E-state index in [2.05, 4.69) is 10.6 Å². The Morgan fingerprint density at radius 1 is 1.53 bits per heavy atom. The summed E-state index contributed by atoms with van der Waals surface area (Å²) < 4.78 is 0. The van der Waals surface area contributed by atoms with Crippen molar-refractivity contribution in [2.45, 2.75) is 18.9 Å². The van der Waals surface area contributed by atoms with Crippen molar-refractivity contribution < 1.29 is 14.7 Å². The Bertz CT molecular complexity index is 339. The third-order valence-electron chi connectivity index (χ3n) is 1.81. The quantitative estimate of drug-likeness (QED) is 0.412. The van der Waals surface area contributed by atoms with E-state index in [1.807, 2.05) is 0 Å². The minimum Gasteiger partial charge on any atom is -0.480 e. The molecule has 0 bridgehead atoms. The maximum absolute atomic E-state index is 11.2. The van der Waals surface area contributed by atoms with Crippen LogP contribution >= 0.6 is 0 Å². The van der Waals surface area contributed by atoms with Gasteiger partial charge in [-0.1, -0.05) is 0 Å². The molecule has 0 aromatic heterocycles. The van der Waals surface area contributed by atoms with Crippen LogP contribution in [0.3, 0.4) is 0 Å². The van der Waals surface area contributed by atoms with Gasteiger partial charge in [-0.3, -0.25) is 9.59 Å². The summed E-state index contributed by atoms with van der Waals surface area (Å²) >= 11 is 0. The molecule has 0 atom stereocenters. The van der Waals surface area contributed by atoms with Crippen molar-refractivity contribution in [1.29, 1.82) is 5.26 Å². The molecule has 0 unspecified atom stereocenters. The predicted octanol–water partition coefficient (Wildman–Crippen LogP) is -0.653. The second kappa shape index (κ2) is 5.00. The monoisotopic (exact) mass is 209 g/mol. The van der Waals surface area contributed by atoms with Gasteiger partial charge in [0, 0.05) is 12.2 Å². The number of aliphatic carboxylic acids is 1. The average Bonchev–Trinajstić information content (AvgIpc) is 2.99. The lowest BCUT2D eigenvalue weighted by Gasteiger charge is -2.01. The first-order valence-electron chi connectivity index (χ1n) is 4.50. The van der Waals surface area contributed by atoms with E-state index in [-0.39, 0.29) is 5.57 Å². The standard InChI is InChI=1S/C9H11N3O3/c10-3-6(4-11-7-1-2-7)9(15)12-5-8(13)14/h4,7,11H,1-2,5H2,(H,12,15)(H,13,14)/b6-4-. The summed E-state index contributed by atoms with van der Waals surface area (Å²) in [7, 11) is 0. The molecule has 0 aliphatic heterocycles. The van der Waals surface area contributed by atoms with Gasteiger partial charge in [-0.05, 0) is 12.8 Å². The Morgan fingerprint density at radius 3 is 2.67 bits per heavy atom. The van der Waals surface area contributed by atoms with Gasteiger partial charge in [-0.15, -0.1) is 0 Å². The van der Waals surface area contributed by atoms with Crippen LogP contribution in [0.25, 0.3) is 0 Å². The Balaban J connectivity index is 2.42. The molecule has 0 radical (unpaired) electrons. The van der Waals surface area contributed by atoms with Gasteiger partial charge in [0.25, 0.3) is 5.91 Å². The maximum Gasteiger partial charge on any atom is 0.322 e. The Kier molecular flexibility index (Phi) is 3.68. The van der Waals surface area contributed by atoms with Crippen molar-refractivity contribution in [3.05, 3.63) is 11.8 Å². The third-order valence-corrected chi connectivity index (χ3v) is 1.81. The molecule has 1 fully saturated rings. The average molecular weight is 209 g/mol. The summed E-state index contributed by atoms with van der Waals surface area (Å²) in [6.07, 6.45) is 3.40. The maximum atomic E-state index is 11.2. The summed E-state index contributed by atoms with van der Waals surface area (Å²) in [5.41, 5.74) is -0.108. The summed E-state index contributed by atoms with van der Waals surface area (Å²) in [5, 5.41) is 21.9. The smallest absolute Gasteiger partial charge is 0.322 e. The molecule has 0 aromatic carbocycles. The molecule has 80 valence electrons. The number of carboxylic acids is 1. The lowest BCUT2D eigenvalue weighted by molar-refractivity contribution is -0.137. The normalized spacial score (nSPS) is 15.3. The van der Waals surface area contributed by atoms with Crippen LogP contribution in [0.15, 0.2) is 11.8 Å². The molecule has 0 heterocycles. The highest BCUT2D eigenvalue weighted by Crippen LogP contribution is 2.18. The predicted molar refractivity (Wildman–Crippen MR) is 50.5 cm³/mol. The SMILES string of the molecule is N#C/C(=C/NC1CC1)C(=O)NCC(=O)O. The van der Waals surface area contributed by atoms with Crippen LogP contribution in [0.5, 0.6) is 0 Å². The van der Waals surface area contributed by atoms with Crippen molar-refractivity contribution in [2.75, 3.05) is 6.54 Å². The molecule has 1 aliphatic rings. The van der Waals surface area contributed by atoms with Gasteiger partial charge in [0.2, 0.25) is 0 Å². The molecule has 1 rings (SSSR count). The molecule has 1 saturated carbocycles. The molecule has 0 saturated heterocycles. The van der Waals surface area contributed by atoms with Crippen LogP contribution in [0.4, 0.5) is 0 Å². The van der Waals surface area contributed by atoms with E-state index in [1.165, 1.54) is 6.20 Å². The van der Waals surface area contributed by atoms with Crippen molar-refractivity contribution in [3.8, 4) is 6.07 Å². The molecule has 1 amide bonds. The molecule has 1 aliphatic carbocycles. The van der Waals surface area contributed by atoms with E-state index >= 15 is 0 Å². The first kappa shape index (κ1) is 11.0. The van der Waals surface area contributed by atoms with Crippen LogP contribution < -0.4 is 10.6 Å². The lowest BCUT2D eigenvalue weighted by atomic mass is 10.3. The van der Waals surface area contributed by atoms with E-state index < -0.39 is 18.4 Å². The summed E-state index contributed by atoms with van der Waals surface area (Å²) in [4.78, 5) is 21.4. The van der Waals surface area contributed by atoms with Gasteiger partial charge in [-0.25, -0.2) is 0 Å². The third kappa shape index (κ3) is 4.13. The van der Waals surface area contributed by atoms with E-state index in [0.29, 0.717) is 6.04 Å². The van der Waals surface area contributed by atoms with Gasteiger partial charge in [0.1, 0.15) is 18.2 Å². The fraction of sp³-hybridized carbons (Fsp3) is 0.444. The molecule has 3 N–H and O–H groups in total. The summed E-state index contributed by atoms with van der Waals surface area (Å²) in [6.45, 7) is -0.485. The van der Waals surface area contributed by atoms with Crippen molar-refractivity contribution >= 4 is 11.9 Å². The molecule has 0 spiro atoms. The molecule has 15 heavy (non-hydrogen) atoms. The zero-order valence-corrected chi connectivity index (χ0v) is 7.99. The minimum absolute atomic E-state index is 0.108. The number of nitrogens with zero attached hydrogens (tertiary/aromatic N) is 1. The highest BCUT2D eigenvalue weighted by Gasteiger charge is 2.20. The van der Waals surface area contributed by atoms with Crippen LogP contribution in [-0.2, 0) is 9.59 Å². The zero-order valence-electron chi connectivity index (χ0n) is 7.99. The van der Waals surface area contributed by atoms with Gasteiger partial charge < -0.3 is 15.7 Å². The number of nitriles is 1. The number of carboxylic acid groups (broad SMARTS) is 1. The van der Waals surface area contributed by atoms with Crippen LogP contribution in [-0.4, -0.2) is 29.6 Å². The number of carbonyl (C=O) groups excluding carboxylic acids is 1. The van der Waals surface area contributed by atoms with Gasteiger partial charge in [0.05, 0.1) is 0 Å². The second-order valence-electron chi connectivity index (χ2n) is 3.19. The van der Waals surface area contributed by atoms with E-state index in [4.69, 9.17) is 10.4 Å². The van der Waals surface area contributed by atoms with Gasteiger partial charge >= 0.3 is 5.97 Å². The number of amides is 1. The van der Waals surface area contributed by atoms with Crippen molar-refractivity contribution in [2.24, 2.45) is 0 Å². The number of rotatable bonds is 5. The zero-order chi connectivity index (χ0) is 11.3. The number of hydrogen-bond acceptors (Lipinski definition) is 4. The second-order valence-corrected chi connectivity index (χ2v) is 3.19. The fourth-order valence-corrected chi connectivity index (χ4v) is 0.851. The number of carbonyl (C=O) groups is 2. The lowest BCUT2D eigenvalue weighted by Crippen LogP contribution is -2.30. The van der Waals surface area contributed by atoms with E-state index in [1.54, 1.807) is 6.07 Å². The van der Waals surface area contributed by atoms with Crippen LogP contribution in [0, 0.1) is 11.3 Å². The summed E-state index contributed by atoms with van der Waals surface area (Å²) in [5.74, 6) is -1.82. The van der Waals surface area contributed by atoms with Gasteiger partial charge in [-0.2, -0.15) is 5.26 Å². The topological polar surface area (TPSA) is 102 Å². The summed E-state index contributed by atoms with van der Waals surface area (Å²) in [6, 6.07) is 2.05. The highest BCUT2D eigenvalue weighted by molar-refractivity contribution is 5.98. The Hall–Kier alpha value is -2.03. The van der Waals surface area contributed by atoms with Crippen molar-refractivity contribution in [3.63, 3.8) is 0 Å². The largest absolute Gasteiger partial charge is 0.480 e. The molecule has 6 nitrogen and oxygen atoms in total. The van der Waals surface area contributed by atoms with Crippen molar-refractivity contribution in [1.82, 2.24) is 10.6 Å². The molecular formula is C9H11N3O3. The molecule has 0 aromatic rings. The Morgan fingerprint density at radius 2 is 2.20 bits per heavy atom. The Labute approximate surface area is 86.6 Å². The van der Waals surface area contributed by atoms with Gasteiger partial charge in [0.15, 0.2) is 0 Å². The number of nitrogens with one attached hydrogen (secondary N) is 2. The number of hydrogen-bond donors (Lipinski definition) is 3. The van der Waals surface area contributed by atoms with E-state index in [0.717, 1.165) is 12.8 Å². The first-order chi connectivity index (χ1) is 7.13. The molecule has 6 heteroatoms. The van der Waals surface area contributed by atoms with E-state index in [9.17, 15) is 9.59 Å². The first-order valence-corrected chi connectivity index (χ1v) is 4.50.